The Bertz CT molecular complexity index is 612. The Morgan fingerprint density at radius 3 is 2.65 bits per heavy atom. The molecule has 2 N–H and O–H groups in total. The van der Waals surface area contributed by atoms with Gasteiger partial charge in [0, 0.05) is 23.2 Å². The van der Waals surface area contributed by atoms with Crippen molar-refractivity contribution >= 4 is 11.6 Å². The largest absolute Gasteiger partial charge is 0.489 e. The zero-order valence-corrected chi connectivity index (χ0v) is 14.0. The Morgan fingerprint density at radius 1 is 1.09 bits per heavy atom. The maximum absolute atomic E-state index is 6.16. The van der Waals surface area contributed by atoms with Crippen LogP contribution in [-0.4, -0.2) is 19.1 Å². The molecule has 122 valence electrons. The fourth-order valence-corrected chi connectivity index (χ4v) is 3.04. The van der Waals surface area contributed by atoms with Crippen LogP contribution in [0.5, 0.6) is 5.75 Å². The predicted molar refractivity (Wildman–Crippen MR) is 95.0 cm³/mol. The molecule has 2 aromatic carbocycles. The number of hydrogen-bond donors (Lipinski definition) is 2. The van der Waals surface area contributed by atoms with Crippen LogP contribution in [0.25, 0.3) is 0 Å². The average molecular weight is 331 g/mol. The smallest absolute Gasteiger partial charge is 0.124 e. The van der Waals surface area contributed by atoms with Crippen molar-refractivity contribution in [2.24, 2.45) is 0 Å². The maximum Gasteiger partial charge on any atom is 0.124 e. The molecule has 0 aliphatic carbocycles. The highest BCUT2D eigenvalue weighted by Gasteiger charge is 2.13. The Kier molecular flexibility index (Phi) is 5.92. The van der Waals surface area contributed by atoms with Crippen LogP contribution in [-0.2, 0) is 13.2 Å². The molecule has 0 bridgehead atoms. The SMILES string of the molecule is Clc1ccc(OCc2ccccc2)c(CNC2CCNCC2)c1. The predicted octanol–water partition coefficient (Wildman–Crippen LogP) is 3.76. The molecule has 0 unspecified atom stereocenters. The van der Waals surface area contributed by atoms with E-state index in [-0.39, 0.29) is 0 Å². The summed E-state index contributed by atoms with van der Waals surface area (Å²) in [6, 6.07) is 16.6. The molecule has 1 aliphatic rings. The van der Waals surface area contributed by atoms with E-state index in [1.54, 1.807) is 0 Å². The van der Waals surface area contributed by atoms with Crippen molar-refractivity contribution in [2.45, 2.75) is 32.0 Å². The normalized spacial score (nSPS) is 15.5. The summed E-state index contributed by atoms with van der Waals surface area (Å²) in [7, 11) is 0. The Labute approximate surface area is 143 Å². The molecule has 0 spiro atoms. The summed E-state index contributed by atoms with van der Waals surface area (Å²) in [4.78, 5) is 0. The molecule has 23 heavy (non-hydrogen) atoms. The number of piperidine rings is 1. The minimum Gasteiger partial charge on any atom is -0.489 e. The molecular weight excluding hydrogens is 308 g/mol. The van der Waals surface area contributed by atoms with Gasteiger partial charge in [-0.3, -0.25) is 0 Å². The average Bonchev–Trinajstić information content (AvgIpc) is 2.61. The first-order chi connectivity index (χ1) is 11.3. The maximum atomic E-state index is 6.16. The molecule has 2 aromatic rings. The number of halogens is 1. The Morgan fingerprint density at radius 2 is 1.87 bits per heavy atom. The van der Waals surface area contributed by atoms with E-state index in [4.69, 9.17) is 16.3 Å². The van der Waals surface area contributed by atoms with Gasteiger partial charge in [0.2, 0.25) is 0 Å². The third-order valence-corrected chi connectivity index (χ3v) is 4.42. The molecule has 0 aromatic heterocycles. The summed E-state index contributed by atoms with van der Waals surface area (Å²) in [6.07, 6.45) is 2.33. The fourth-order valence-electron chi connectivity index (χ4n) is 2.84. The van der Waals surface area contributed by atoms with Gasteiger partial charge in [-0.2, -0.15) is 0 Å². The van der Waals surface area contributed by atoms with Crippen molar-refractivity contribution in [1.82, 2.24) is 10.6 Å². The van der Waals surface area contributed by atoms with Crippen LogP contribution in [0.15, 0.2) is 48.5 Å². The van der Waals surface area contributed by atoms with Gasteiger partial charge in [0.1, 0.15) is 12.4 Å². The van der Waals surface area contributed by atoms with E-state index >= 15 is 0 Å². The standard InChI is InChI=1S/C19H23ClN2O/c20-17-6-7-19(23-14-15-4-2-1-3-5-15)16(12-17)13-22-18-8-10-21-11-9-18/h1-7,12,18,21-22H,8-11,13-14H2. The van der Waals surface area contributed by atoms with Crippen molar-refractivity contribution in [1.29, 1.82) is 0 Å². The first-order valence-electron chi connectivity index (χ1n) is 8.20. The van der Waals surface area contributed by atoms with Gasteiger partial charge in [0.15, 0.2) is 0 Å². The van der Waals surface area contributed by atoms with Crippen LogP contribution >= 0.6 is 11.6 Å². The molecule has 3 rings (SSSR count). The van der Waals surface area contributed by atoms with Crippen LogP contribution in [0.1, 0.15) is 24.0 Å². The molecule has 0 atom stereocenters. The fraction of sp³-hybridized carbons (Fsp3) is 0.368. The summed E-state index contributed by atoms with van der Waals surface area (Å²) < 4.78 is 6.01. The Balaban J connectivity index is 1.62. The Hall–Kier alpha value is -1.55. The van der Waals surface area contributed by atoms with Gasteiger partial charge >= 0.3 is 0 Å². The summed E-state index contributed by atoms with van der Waals surface area (Å²) in [5.74, 6) is 0.902. The highest BCUT2D eigenvalue weighted by atomic mass is 35.5. The number of ether oxygens (including phenoxy) is 1. The molecule has 3 nitrogen and oxygen atoms in total. The molecule has 1 aliphatic heterocycles. The number of rotatable bonds is 6. The second kappa shape index (κ2) is 8.34. The second-order valence-electron chi connectivity index (χ2n) is 5.93. The van der Waals surface area contributed by atoms with Crippen LogP contribution in [0.4, 0.5) is 0 Å². The van der Waals surface area contributed by atoms with E-state index in [0.29, 0.717) is 12.6 Å². The summed E-state index contributed by atoms with van der Waals surface area (Å²) in [5.41, 5.74) is 2.28. The van der Waals surface area contributed by atoms with Gasteiger partial charge in [-0.25, -0.2) is 0 Å². The number of hydrogen-bond acceptors (Lipinski definition) is 3. The lowest BCUT2D eigenvalue weighted by Gasteiger charge is -2.24. The zero-order valence-electron chi connectivity index (χ0n) is 13.2. The van der Waals surface area contributed by atoms with E-state index in [1.165, 1.54) is 18.4 Å². The van der Waals surface area contributed by atoms with Gasteiger partial charge in [-0.1, -0.05) is 41.9 Å². The van der Waals surface area contributed by atoms with Gasteiger partial charge < -0.3 is 15.4 Å². The third kappa shape index (κ3) is 4.96. The monoisotopic (exact) mass is 330 g/mol. The zero-order chi connectivity index (χ0) is 15.9. The van der Waals surface area contributed by atoms with Crippen molar-refractivity contribution in [3.05, 3.63) is 64.7 Å². The van der Waals surface area contributed by atoms with Crippen LogP contribution in [0, 0.1) is 0 Å². The van der Waals surface area contributed by atoms with Crippen molar-refractivity contribution in [3.63, 3.8) is 0 Å². The number of nitrogens with one attached hydrogen (secondary N) is 2. The molecular formula is C19H23ClN2O. The van der Waals surface area contributed by atoms with E-state index in [9.17, 15) is 0 Å². The van der Waals surface area contributed by atoms with Gasteiger partial charge in [0.05, 0.1) is 0 Å². The highest BCUT2D eigenvalue weighted by molar-refractivity contribution is 6.30. The summed E-state index contributed by atoms with van der Waals surface area (Å²) >= 11 is 6.16. The second-order valence-corrected chi connectivity index (χ2v) is 6.37. The van der Waals surface area contributed by atoms with E-state index < -0.39 is 0 Å². The van der Waals surface area contributed by atoms with Crippen molar-refractivity contribution in [3.8, 4) is 5.75 Å². The van der Waals surface area contributed by atoms with Gasteiger partial charge in [0.25, 0.3) is 0 Å². The molecule has 0 radical (unpaired) electrons. The van der Waals surface area contributed by atoms with Crippen molar-refractivity contribution in [2.75, 3.05) is 13.1 Å². The molecule has 1 heterocycles. The van der Waals surface area contributed by atoms with Crippen LogP contribution < -0.4 is 15.4 Å². The number of benzene rings is 2. The minimum atomic E-state index is 0.567. The third-order valence-electron chi connectivity index (χ3n) is 4.18. The lowest BCUT2D eigenvalue weighted by molar-refractivity contribution is 0.300. The first-order valence-corrected chi connectivity index (χ1v) is 8.58. The van der Waals surface area contributed by atoms with Crippen molar-refractivity contribution < 1.29 is 4.74 Å². The van der Waals surface area contributed by atoms with Gasteiger partial charge in [-0.05, 0) is 49.7 Å². The molecule has 4 heteroatoms. The molecule has 1 saturated heterocycles. The highest BCUT2D eigenvalue weighted by Crippen LogP contribution is 2.24. The summed E-state index contributed by atoms with van der Waals surface area (Å²) in [6.45, 7) is 3.54. The van der Waals surface area contributed by atoms with Crippen LogP contribution in [0.3, 0.4) is 0 Å². The molecule has 0 amide bonds. The summed E-state index contributed by atoms with van der Waals surface area (Å²) in [5, 5.41) is 7.76. The van der Waals surface area contributed by atoms with Crippen LogP contribution in [0.2, 0.25) is 5.02 Å². The lowest BCUT2D eigenvalue weighted by atomic mass is 10.1. The molecule has 1 fully saturated rings. The van der Waals surface area contributed by atoms with Gasteiger partial charge in [-0.15, -0.1) is 0 Å². The van der Waals surface area contributed by atoms with E-state index in [0.717, 1.165) is 36.0 Å². The first kappa shape index (κ1) is 16.3. The quantitative estimate of drug-likeness (QED) is 0.846. The lowest BCUT2D eigenvalue weighted by Crippen LogP contribution is -2.39. The van der Waals surface area contributed by atoms with E-state index in [2.05, 4.69) is 22.8 Å². The minimum absolute atomic E-state index is 0.567. The topological polar surface area (TPSA) is 33.3 Å². The van der Waals surface area contributed by atoms with E-state index in [1.807, 2.05) is 36.4 Å². The molecule has 0 saturated carbocycles.